The molecule has 1 aliphatic rings. The summed E-state index contributed by atoms with van der Waals surface area (Å²) in [7, 11) is 0. The van der Waals surface area contributed by atoms with Gasteiger partial charge in [-0.3, -0.25) is 4.79 Å². The zero-order valence-corrected chi connectivity index (χ0v) is 12.7. The Morgan fingerprint density at radius 1 is 1.45 bits per heavy atom. The molecule has 1 aromatic rings. The van der Waals surface area contributed by atoms with Crippen molar-refractivity contribution < 1.29 is 19.0 Å². The predicted molar refractivity (Wildman–Crippen MR) is 80.5 cm³/mol. The molecule has 0 aromatic heterocycles. The highest BCUT2D eigenvalue weighted by atomic mass is 19.1. The monoisotopic (exact) mass is 310 g/mol. The number of carbonyl (C=O) groups is 1. The van der Waals surface area contributed by atoms with Crippen LogP contribution in [0.5, 0.6) is 0 Å². The number of nitrogens with one attached hydrogen (secondary N) is 1. The maximum Gasteiger partial charge on any atom is 0.249 e. The molecule has 22 heavy (non-hydrogen) atoms. The van der Waals surface area contributed by atoms with Crippen LogP contribution in [0.1, 0.15) is 37.9 Å². The molecule has 1 aromatic carbocycles. The third-order valence-corrected chi connectivity index (χ3v) is 3.88. The van der Waals surface area contributed by atoms with Crippen molar-refractivity contribution in [1.29, 1.82) is 0 Å². The number of amides is 1. The van der Waals surface area contributed by atoms with E-state index < -0.39 is 12.2 Å². The van der Waals surface area contributed by atoms with Gasteiger partial charge in [0.05, 0.1) is 12.2 Å². The van der Waals surface area contributed by atoms with Crippen molar-refractivity contribution in [2.45, 2.75) is 50.5 Å². The Hall–Kier alpha value is -1.50. The number of ether oxygens (including phenoxy) is 1. The van der Waals surface area contributed by atoms with Crippen LogP contribution >= 0.6 is 0 Å². The second-order valence-corrected chi connectivity index (χ2v) is 5.77. The molecule has 2 rings (SSSR count). The van der Waals surface area contributed by atoms with Gasteiger partial charge < -0.3 is 20.9 Å². The van der Waals surface area contributed by atoms with Crippen LogP contribution in [0.4, 0.5) is 4.39 Å². The van der Waals surface area contributed by atoms with E-state index in [1.807, 2.05) is 6.92 Å². The van der Waals surface area contributed by atoms with Gasteiger partial charge in [0, 0.05) is 12.6 Å². The topological polar surface area (TPSA) is 84.6 Å². The average Bonchev–Trinajstić information content (AvgIpc) is 2.96. The number of halogens is 1. The summed E-state index contributed by atoms with van der Waals surface area (Å²) >= 11 is 0. The van der Waals surface area contributed by atoms with Crippen LogP contribution in [0.25, 0.3) is 0 Å². The predicted octanol–water partition coefficient (Wildman–Crippen LogP) is 1.26. The maximum atomic E-state index is 12.9. The fourth-order valence-corrected chi connectivity index (χ4v) is 2.62. The van der Waals surface area contributed by atoms with Crippen molar-refractivity contribution in [3.8, 4) is 0 Å². The Labute approximate surface area is 129 Å². The normalized spacial score (nSPS) is 24.0. The molecule has 0 aliphatic carbocycles. The number of hydrogen-bond acceptors (Lipinski definition) is 4. The lowest BCUT2D eigenvalue weighted by molar-refractivity contribution is -0.132. The quantitative estimate of drug-likeness (QED) is 0.738. The highest BCUT2D eigenvalue weighted by molar-refractivity contribution is 5.81. The summed E-state index contributed by atoms with van der Waals surface area (Å²) in [6.07, 6.45) is 0.555. The lowest BCUT2D eigenvalue weighted by Gasteiger charge is -2.20. The first-order chi connectivity index (χ1) is 10.5. The number of hydrogen-bond donors (Lipinski definition) is 3. The van der Waals surface area contributed by atoms with Crippen LogP contribution in [-0.4, -0.2) is 35.8 Å². The second-order valence-electron chi connectivity index (χ2n) is 5.77. The minimum Gasteiger partial charge on any atom is -0.388 e. The van der Waals surface area contributed by atoms with Gasteiger partial charge in [0.25, 0.3) is 0 Å². The van der Waals surface area contributed by atoms with Crippen molar-refractivity contribution in [3.05, 3.63) is 35.6 Å². The fraction of sp³-hybridized carbons (Fsp3) is 0.562. The van der Waals surface area contributed by atoms with Crippen LogP contribution in [0, 0.1) is 5.82 Å². The van der Waals surface area contributed by atoms with Gasteiger partial charge >= 0.3 is 0 Å². The number of benzene rings is 1. The SMILES string of the molecule is CC(CC(O)c1ccc(F)cc1)NC(=O)[C@@H]1CC[C@H](CN)O1. The summed E-state index contributed by atoms with van der Waals surface area (Å²) in [5.74, 6) is -0.514. The van der Waals surface area contributed by atoms with Crippen LogP contribution in [0.2, 0.25) is 0 Å². The highest BCUT2D eigenvalue weighted by Crippen LogP contribution is 2.21. The molecule has 4 N–H and O–H groups in total. The van der Waals surface area contributed by atoms with Crippen LogP contribution < -0.4 is 11.1 Å². The average molecular weight is 310 g/mol. The minimum atomic E-state index is -0.753. The van der Waals surface area contributed by atoms with Gasteiger partial charge in [-0.15, -0.1) is 0 Å². The lowest BCUT2D eigenvalue weighted by atomic mass is 10.0. The van der Waals surface area contributed by atoms with Crippen LogP contribution in [0.15, 0.2) is 24.3 Å². The molecular formula is C16H23FN2O3. The molecule has 5 nitrogen and oxygen atoms in total. The third-order valence-electron chi connectivity index (χ3n) is 3.88. The molecule has 4 atom stereocenters. The number of carbonyl (C=O) groups excluding carboxylic acids is 1. The Balaban J connectivity index is 1.80. The van der Waals surface area contributed by atoms with E-state index in [-0.39, 0.29) is 23.9 Å². The Kier molecular flexibility index (Phi) is 5.88. The zero-order valence-electron chi connectivity index (χ0n) is 12.7. The molecule has 1 heterocycles. The number of nitrogens with two attached hydrogens (primary N) is 1. The molecule has 1 aliphatic heterocycles. The number of aliphatic hydroxyl groups is 1. The fourth-order valence-electron chi connectivity index (χ4n) is 2.62. The van der Waals surface area contributed by atoms with Gasteiger partial charge in [0.1, 0.15) is 11.9 Å². The Morgan fingerprint density at radius 2 is 2.14 bits per heavy atom. The smallest absolute Gasteiger partial charge is 0.249 e. The van der Waals surface area contributed by atoms with E-state index in [0.717, 1.165) is 6.42 Å². The summed E-state index contributed by atoms with van der Waals surface area (Å²) in [4.78, 5) is 12.1. The first-order valence-corrected chi connectivity index (χ1v) is 7.59. The van der Waals surface area contributed by atoms with Gasteiger partial charge in [0.15, 0.2) is 0 Å². The highest BCUT2D eigenvalue weighted by Gasteiger charge is 2.30. The molecule has 1 fully saturated rings. The molecule has 122 valence electrons. The van der Waals surface area contributed by atoms with E-state index in [2.05, 4.69) is 5.32 Å². The van der Waals surface area contributed by atoms with Crippen molar-refractivity contribution in [2.24, 2.45) is 5.73 Å². The Bertz CT molecular complexity index is 495. The van der Waals surface area contributed by atoms with Crippen molar-refractivity contribution in [3.63, 3.8) is 0 Å². The first kappa shape index (κ1) is 16.9. The second kappa shape index (κ2) is 7.67. The van der Waals surface area contributed by atoms with Gasteiger partial charge in [-0.2, -0.15) is 0 Å². The zero-order chi connectivity index (χ0) is 16.1. The van der Waals surface area contributed by atoms with E-state index in [1.165, 1.54) is 12.1 Å². The summed E-state index contributed by atoms with van der Waals surface area (Å²) in [5, 5.41) is 13.0. The van der Waals surface area contributed by atoms with E-state index in [4.69, 9.17) is 10.5 Å². The van der Waals surface area contributed by atoms with E-state index in [9.17, 15) is 14.3 Å². The van der Waals surface area contributed by atoms with E-state index in [0.29, 0.717) is 24.9 Å². The van der Waals surface area contributed by atoms with Gasteiger partial charge in [-0.1, -0.05) is 12.1 Å². The molecular weight excluding hydrogens is 287 g/mol. The summed E-state index contributed by atoms with van der Waals surface area (Å²) < 4.78 is 18.4. The van der Waals surface area contributed by atoms with Gasteiger partial charge in [-0.05, 0) is 43.9 Å². The van der Waals surface area contributed by atoms with Crippen LogP contribution in [0.3, 0.4) is 0 Å². The molecule has 2 unspecified atom stereocenters. The molecule has 0 radical (unpaired) electrons. The van der Waals surface area contributed by atoms with E-state index >= 15 is 0 Å². The largest absolute Gasteiger partial charge is 0.388 e. The molecule has 0 saturated carbocycles. The third kappa shape index (κ3) is 4.50. The molecule has 0 spiro atoms. The molecule has 1 amide bonds. The summed E-state index contributed by atoms with van der Waals surface area (Å²) in [6.45, 7) is 2.24. The summed E-state index contributed by atoms with van der Waals surface area (Å²) in [6, 6.07) is 5.48. The van der Waals surface area contributed by atoms with E-state index in [1.54, 1.807) is 12.1 Å². The number of rotatable bonds is 6. The van der Waals surface area contributed by atoms with Crippen molar-refractivity contribution in [2.75, 3.05) is 6.54 Å². The van der Waals surface area contributed by atoms with Crippen molar-refractivity contribution >= 4 is 5.91 Å². The standard InChI is InChI=1S/C16H23FN2O3/c1-10(8-14(20)11-2-4-12(17)5-3-11)19-16(21)15-7-6-13(9-18)22-15/h2-5,10,13-15,20H,6-9,18H2,1H3,(H,19,21)/t10?,13-,14?,15+/m1/s1. The Morgan fingerprint density at radius 3 is 2.73 bits per heavy atom. The minimum absolute atomic E-state index is 0.0455. The van der Waals surface area contributed by atoms with Crippen LogP contribution in [-0.2, 0) is 9.53 Å². The molecule has 1 saturated heterocycles. The maximum absolute atomic E-state index is 12.9. The summed E-state index contributed by atoms with van der Waals surface area (Å²) in [5.41, 5.74) is 6.15. The lowest BCUT2D eigenvalue weighted by Crippen LogP contribution is -2.41. The van der Waals surface area contributed by atoms with Crippen molar-refractivity contribution in [1.82, 2.24) is 5.32 Å². The molecule has 0 bridgehead atoms. The van der Waals surface area contributed by atoms with Gasteiger partial charge in [0.2, 0.25) is 5.91 Å². The first-order valence-electron chi connectivity index (χ1n) is 7.59. The molecule has 6 heteroatoms. The van der Waals surface area contributed by atoms with Gasteiger partial charge in [-0.25, -0.2) is 4.39 Å². The number of aliphatic hydroxyl groups excluding tert-OH is 1.